The topological polar surface area (TPSA) is 97.0 Å². The lowest BCUT2D eigenvalue weighted by atomic mass is 10.1. The molecule has 2 aliphatic rings. The van der Waals surface area contributed by atoms with Crippen LogP contribution in [0.15, 0.2) is 60.7 Å². The van der Waals surface area contributed by atoms with E-state index in [4.69, 9.17) is 9.47 Å². The van der Waals surface area contributed by atoms with Crippen molar-refractivity contribution in [3.05, 3.63) is 82.9 Å². The summed E-state index contributed by atoms with van der Waals surface area (Å²) in [5.74, 6) is 0.131. The molecule has 2 N–H and O–H groups in total. The zero-order valence-corrected chi connectivity index (χ0v) is 20.2. The van der Waals surface area contributed by atoms with Crippen molar-refractivity contribution in [2.75, 3.05) is 23.6 Å². The molecule has 2 heterocycles. The molecule has 1 fully saturated rings. The van der Waals surface area contributed by atoms with E-state index in [1.54, 1.807) is 29.2 Å². The van der Waals surface area contributed by atoms with Gasteiger partial charge in [-0.3, -0.25) is 14.4 Å². The molecular weight excluding hydrogens is 458 g/mol. The minimum Gasteiger partial charge on any atom is -0.454 e. The number of hydrogen-bond acceptors (Lipinski definition) is 5. The highest BCUT2D eigenvalue weighted by molar-refractivity contribution is 6.07. The number of nitrogens with one attached hydrogen (secondary N) is 2. The second-order valence-electron chi connectivity index (χ2n) is 9.03. The molecule has 0 bridgehead atoms. The molecule has 2 aliphatic heterocycles. The highest BCUT2D eigenvalue weighted by Crippen LogP contribution is 2.33. The van der Waals surface area contributed by atoms with Crippen molar-refractivity contribution >= 4 is 29.1 Å². The van der Waals surface area contributed by atoms with E-state index in [0.29, 0.717) is 35.8 Å². The van der Waals surface area contributed by atoms with Crippen LogP contribution in [-0.4, -0.2) is 31.1 Å². The first kappa shape index (κ1) is 23.4. The van der Waals surface area contributed by atoms with Gasteiger partial charge in [0.2, 0.25) is 18.6 Å². The Kier molecular flexibility index (Phi) is 6.33. The maximum absolute atomic E-state index is 13.1. The number of anilines is 2. The SMILES string of the molecule is Cc1cccc(N2C[C@H](C(=O)Nc3ccccc3C(=O)NCc3ccc4c(c3)OCO4)CC2=O)c1C. The molecule has 0 radical (unpaired) electrons. The molecule has 36 heavy (non-hydrogen) atoms. The fourth-order valence-electron chi connectivity index (χ4n) is 4.50. The second kappa shape index (κ2) is 9.73. The summed E-state index contributed by atoms with van der Waals surface area (Å²) >= 11 is 0. The predicted octanol–water partition coefficient (Wildman–Crippen LogP) is 3.95. The largest absolute Gasteiger partial charge is 0.454 e. The highest BCUT2D eigenvalue weighted by Gasteiger charge is 2.36. The third-order valence-corrected chi connectivity index (χ3v) is 6.68. The van der Waals surface area contributed by atoms with E-state index in [9.17, 15) is 14.4 Å². The van der Waals surface area contributed by atoms with E-state index < -0.39 is 5.92 Å². The van der Waals surface area contributed by atoms with Crippen LogP contribution in [-0.2, 0) is 16.1 Å². The van der Waals surface area contributed by atoms with Gasteiger partial charge in [-0.25, -0.2) is 0 Å². The zero-order chi connectivity index (χ0) is 25.2. The Morgan fingerprint density at radius 3 is 2.67 bits per heavy atom. The smallest absolute Gasteiger partial charge is 0.253 e. The standard InChI is InChI=1S/C28H27N3O5/c1-17-6-5-9-23(18(17)2)31-15-20(13-26(31)32)27(33)30-22-8-4-3-7-21(22)28(34)29-14-19-10-11-24-25(12-19)36-16-35-24/h3-12,20H,13-16H2,1-2H3,(H,29,34)(H,30,33)/t20-/m1/s1. The molecule has 0 unspecified atom stereocenters. The number of hydrogen-bond donors (Lipinski definition) is 2. The summed E-state index contributed by atoms with van der Waals surface area (Å²) in [4.78, 5) is 40.5. The van der Waals surface area contributed by atoms with Crippen molar-refractivity contribution in [3.8, 4) is 11.5 Å². The first-order chi connectivity index (χ1) is 17.4. The zero-order valence-electron chi connectivity index (χ0n) is 20.2. The Balaban J connectivity index is 1.25. The molecule has 1 saturated heterocycles. The monoisotopic (exact) mass is 485 g/mol. The summed E-state index contributed by atoms with van der Waals surface area (Å²) in [6.45, 7) is 4.75. The lowest BCUT2D eigenvalue weighted by Crippen LogP contribution is -2.30. The van der Waals surface area contributed by atoms with Crippen LogP contribution in [0.4, 0.5) is 11.4 Å². The van der Waals surface area contributed by atoms with Gasteiger partial charge < -0.3 is 25.0 Å². The second-order valence-corrected chi connectivity index (χ2v) is 9.03. The van der Waals surface area contributed by atoms with Gasteiger partial charge in [0.05, 0.1) is 17.2 Å². The third kappa shape index (κ3) is 4.62. The van der Waals surface area contributed by atoms with E-state index in [1.165, 1.54) is 0 Å². The number of para-hydroxylation sites is 1. The molecule has 3 aromatic rings. The molecule has 3 aromatic carbocycles. The van der Waals surface area contributed by atoms with E-state index in [-0.39, 0.29) is 30.9 Å². The molecule has 0 spiro atoms. The Morgan fingerprint density at radius 2 is 1.81 bits per heavy atom. The average molecular weight is 486 g/mol. The first-order valence-corrected chi connectivity index (χ1v) is 11.8. The van der Waals surface area contributed by atoms with Gasteiger partial charge in [-0.2, -0.15) is 0 Å². The van der Waals surface area contributed by atoms with Gasteiger partial charge in [-0.1, -0.05) is 30.3 Å². The number of carbonyl (C=O) groups is 3. The average Bonchev–Trinajstić information content (AvgIpc) is 3.50. The maximum atomic E-state index is 13.1. The Bertz CT molecular complexity index is 1350. The number of aryl methyl sites for hydroxylation is 1. The number of amides is 3. The fourth-order valence-corrected chi connectivity index (χ4v) is 4.50. The number of fused-ring (bicyclic) bond motifs is 1. The molecule has 8 nitrogen and oxygen atoms in total. The summed E-state index contributed by atoms with van der Waals surface area (Å²) in [6.07, 6.45) is 0.123. The predicted molar refractivity (Wildman–Crippen MR) is 135 cm³/mol. The van der Waals surface area contributed by atoms with Crippen LogP contribution in [0.3, 0.4) is 0 Å². The van der Waals surface area contributed by atoms with Gasteiger partial charge in [0.25, 0.3) is 5.91 Å². The summed E-state index contributed by atoms with van der Waals surface area (Å²) in [5, 5.41) is 5.76. The quantitative estimate of drug-likeness (QED) is 0.551. The summed E-state index contributed by atoms with van der Waals surface area (Å²) in [6, 6.07) is 18.2. The summed E-state index contributed by atoms with van der Waals surface area (Å²) in [5.41, 5.74) is 4.57. The minimum absolute atomic E-state index is 0.0846. The van der Waals surface area contributed by atoms with Gasteiger partial charge in [-0.05, 0) is 60.9 Å². The Hall–Kier alpha value is -4.33. The van der Waals surface area contributed by atoms with Gasteiger partial charge >= 0.3 is 0 Å². The molecule has 184 valence electrons. The molecule has 0 aromatic heterocycles. The van der Waals surface area contributed by atoms with Crippen LogP contribution in [0.2, 0.25) is 0 Å². The Morgan fingerprint density at radius 1 is 1.00 bits per heavy atom. The van der Waals surface area contributed by atoms with E-state index >= 15 is 0 Å². The number of ether oxygens (including phenoxy) is 2. The molecule has 0 aliphatic carbocycles. The first-order valence-electron chi connectivity index (χ1n) is 11.8. The normalized spacial score (nSPS) is 16.2. The van der Waals surface area contributed by atoms with Gasteiger partial charge in [0.15, 0.2) is 11.5 Å². The molecule has 1 atom stereocenters. The van der Waals surface area contributed by atoms with Gasteiger partial charge in [0, 0.05) is 25.2 Å². The van der Waals surface area contributed by atoms with Crippen molar-refractivity contribution in [3.63, 3.8) is 0 Å². The van der Waals surface area contributed by atoms with Crippen LogP contribution in [0.25, 0.3) is 0 Å². The van der Waals surface area contributed by atoms with Crippen molar-refractivity contribution < 1.29 is 23.9 Å². The van der Waals surface area contributed by atoms with Crippen LogP contribution in [0.1, 0.15) is 33.5 Å². The van der Waals surface area contributed by atoms with Gasteiger partial charge in [-0.15, -0.1) is 0 Å². The van der Waals surface area contributed by atoms with Crippen LogP contribution in [0, 0.1) is 19.8 Å². The molecule has 5 rings (SSSR count). The number of benzene rings is 3. The highest BCUT2D eigenvalue weighted by atomic mass is 16.7. The van der Waals surface area contributed by atoms with Crippen LogP contribution >= 0.6 is 0 Å². The molecule has 0 saturated carbocycles. The number of carbonyl (C=O) groups excluding carboxylic acids is 3. The number of nitrogens with zero attached hydrogens (tertiary/aromatic N) is 1. The van der Waals surface area contributed by atoms with E-state index in [1.807, 2.05) is 50.2 Å². The third-order valence-electron chi connectivity index (χ3n) is 6.68. The van der Waals surface area contributed by atoms with Crippen molar-refractivity contribution in [1.29, 1.82) is 0 Å². The van der Waals surface area contributed by atoms with Crippen molar-refractivity contribution in [2.24, 2.45) is 5.92 Å². The Labute approximate surface area is 209 Å². The fraction of sp³-hybridized carbons (Fsp3) is 0.250. The molecule has 3 amide bonds. The number of rotatable bonds is 6. The van der Waals surface area contributed by atoms with Gasteiger partial charge in [0.1, 0.15) is 0 Å². The van der Waals surface area contributed by atoms with Crippen molar-refractivity contribution in [2.45, 2.75) is 26.8 Å². The maximum Gasteiger partial charge on any atom is 0.253 e. The van der Waals surface area contributed by atoms with Crippen molar-refractivity contribution in [1.82, 2.24) is 5.32 Å². The summed E-state index contributed by atoms with van der Waals surface area (Å²) in [7, 11) is 0. The lowest BCUT2D eigenvalue weighted by molar-refractivity contribution is -0.122. The van der Waals surface area contributed by atoms with E-state index in [0.717, 1.165) is 22.4 Å². The summed E-state index contributed by atoms with van der Waals surface area (Å²) < 4.78 is 10.7. The van der Waals surface area contributed by atoms with Crippen LogP contribution in [0.5, 0.6) is 11.5 Å². The lowest BCUT2D eigenvalue weighted by Gasteiger charge is -2.20. The minimum atomic E-state index is -0.512. The molecular formula is C28H27N3O5. The van der Waals surface area contributed by atoms with Crippen LogP contribution < -0.4 is 25.0 Å². The molecule has 8 heteroatoms. The van der Waals surface area contributed by atoms with E-state index in [2.05, 4.69) is 10.6 Å².